The summed E-state index contributed by atoms with van der Waals surface area (Å²) < 4.78 is 39.2. The summed E-state index contributed by atoms with van der Waals surface area (Å²) in [6.45, 7) is 3.17. The molecule has 19 heavy (non-hydrogen) atoms. The van der Waals surface area contributed by atoms with Gasteiger partial charge in [0, 0.05) is 4.47 Å². The predicted molar refractivity (Wildman–Crippen MR) is 70.7 cm³/mol. The molecule has 0 saturated heterocycles. The third-order valence-corrected chi connectivity index (χ3v) is 4.82. The summed E-state index contributed by atoms with van der Waals surface area (Å²) in [6.07, 6.45) is 0. The molecule has 0 amide bonds. The van der Waals surface area contributed by atoms with Crippen LogP contribution in [-0.4, -0.2) is 25.5 Å². The Morgan fingerprint density at radius 2 is 2.00 bits per heavy atom. The van der Waals surface area contributed by atoms with E-state index in [0.29, 0.717) is 0 Å². The van der Waals surface area contributed by atoms with Crippen LogP contribution in [0.2, 0.25) is 0 Å². The smallest absolute Gasteiger partial charge is 0.322 e. The summed E-state index contributed by atoms with van der Waals surface area (Å²) in [6, 6.07) is 1.81. The molecule has 0 saturated carbocycles. The van der Waals surface area contributed by atoms with Gasteiger partial charge in [-0.25, -0.2) is 12.8 Å². The van der Waals surface area contributed by atoms with Crippen LogP contribution in [0.25, 0.3) is 0 Å². The third kappa shape index (κ3) is 3.99. The van der Waals surface area contributed by atoms with Crippen molar-refractivity contribution in [1.29, 1.82) is 0 Å². The van der Waals surface area contributed by atoms with E-state index in [1.165, 1.54) is 0 Å². The van der Waals surface area contributed by atoms with Gasteiger partial charge in [-0.05, 0) is 40.0 Å². The van der Waals surface area contributed by atoms with Crippen molar-refractivity contribution in [3.63, 3.8) is 0 Å². The van der Waals surface area contributed by atoms with Gasteiger partial charge in [-0.15, -0.1) is 0 Å². The molecule has 1 atom stereocenters. The van der Waals surface area contributed by atoms with Gasteiger partial charge in [-0.2, -0.15) is 4.72 Å². The van der Waals surface area contributed by atoms with Crippen LogP contribution in [0, 0.1) is 11.7 Å². The molecule has 1 rings (SSSR count). The van der Waals surface area contributed by atoms with Crippen LogP contribution < -0.4 is 4.72 Å². The molecule has 1 aromatic rings. The number of hydrogen-bond donors (Lipinski definition) is 2. The SMILES string of the molecule is CC(C)C(NS(=O)(=O)c1ccc(F)cc1Br)C(=O)O. The zero-order valence-corrected chi connectivity index (χ0v) is 12.6. The van der Waals surface area contributed by atoms with E-state index in [9.17, 15) is 17.6 Å². The van der Waals surface area contributed by atoms with Crippen LogP contribution in [0.1, 0.15) is 13.8 Å². The molecule has 0 aliphatic carbocycles. The molecule has 106 valence electrons. The number of carbonyl (C=O) groups is 1. The topological polar surface area (TPSA) is 83.5 Å². The molecule has 0 heterocycles. The second-order valence-electron chi connectivity index (χ2n) is 4.26. The van der Waals surface area contributed by atoms with E-state index in [1.54, 1.807) is 13.8 Å². The van der Waals surface area contributed by atoms with Gasteiger partial charge in [0.05, 0.1) is 4.90 Å². The first kappa shape index (κ1) is 16.1. The lowest BCUT2D eigenvalue weighted by Gasteiger charge is -2.18. The minimum Gasteiger partial charge on any atom is -0.480 e. The number of hydrogen-bond acceptors (Lipinski definition) is 3. The first-order valence-electron chi connectivity index (χ1n) is 5.35. The second-order valence-corrected chi connectivity index (χ2v) is 6.79. The highest BCUT2D eigenvalue weighted by Crippen LogP contribution is 2.23. The fourth-order valence-electron chi connectivity index (χ4n) is 1.40. The molecule has 0 aliphatic rings. The van der Waals surface area contributed by atoms with Crippen molar-refractivity contribution >= 4 is 31.9 Å². The van der Waals surface area contributed by atoms with Gasteiger partial charge in [0.2, 0.25) is 10.0 Å². The number of rotatable bonds is 5. The Balaban J connectivity index is 3.14. The Morgan fingerprint density at radius 3 is 2.42 bits per heavy atom. The summed E-state index contributed by atoms with van der Waals surface area (Å²) in [5.74, 6) is -2.28. The number of nitrogens with one attached hydrogen (secondary N) is 1. The van der Waals surface area contributed by atoms with Crippen molar-refractivity contribution in [3.8, 4) is 0 Å². The Kier molecular flexibility index (Phi) is 5.05. The van der Waals surface area contributed by atoms with Gasteiger partial charge in [0.1, 0.15) is 11.9 Å². The summed E-state index contributed by atoms with van der Waals surface area (Å²) in [7, 11) is -4.04. The van der Waals surface area contributed by atoms with Crippen LogP contribution in [0.15, 0.2) is 27.6 Å². The predicted octanol–water partition coefficient (Wildman–Crippen LogP) is 1.98. The lowest BCUT2D eigenvalue weighted by Crippen LogP contribution is -2.44. The van der Waals surface area contributed by atoms with Crippen molar-refractivity contribution < 1.29 is 22.7 Å². The van der Waals surface area contributed by atoms with Crippen LogP contribution in [0.5, 0.6) is 0 Å². The van der Waals surface area contributed by atoms with E-state index >= 15 is 0 Å². The van der Waals surface area contributed by atoms with E-state index in [4.69, 9.17) is 5.11 Å². The molecule has 0 radical (unpaired) electrons. The van der Waals surface area contributed by atoms with Gasteiger partial charge in [-0.1, -0.05) is 13.8 Å². The molecule has 0 spiro atoms. The van der Waals surface area contributed by atoms with E-state index in [0.717, 1.165) is 18.2 Å². The number of benzene rings is 1. The van der Waals surface area contributed by atoms with Crippen molar-refractivity contribution in [2.45, 2.75) is 24.8 Å². The molecule has 1 unspecified atom stereocenters. The molecular formula is C11H13BrFNO4S. The molecule has 8 heteroatoms. The fourth-order valence-corrected chi connectivity index (χ4v) is 3.78. The van der Waals surface area contributed by atoms with Gasteiger partial charge in [0.25, 0.3) is 0 Å². The second kappa shape index (κ2) is 5.98. The minimum atomic E-state index is -4.04. The highest BCUT2D eigenvalue weighted by Gasteiger charge is 2.29. The van der Waals surface area contributed by atoms with Crippen LogP contribution >= 0.6 is 15.9 Å². The van der Waals surface area contributed by atoms with E-state index < -0.39 is 33.8 Å². The highest BCUT2D eigenvalue weighted by atomic mass is 79.9. The van der Waals surface area contributed by atoms with Gasteiger partial charge >= 0.3 is 5.97 Å². The largest absolute Gasteiger partial charge is 0.480 e. The standard InChI is InChI=1S/C11H13BrFNO4S/c1-6(2)10(11(15)16)14-19(17,18)9-4-3-7(13)5-8(9)12/h3-6,10,14H,1-2H3,(H,15,16). The number of carboxylic acid groups (broad SMARTS) is 1. The van der Waals surface area contributed by atoms with Gasteiger partial charge in [-0.3, -0.25) is 4.79 Å². The first-order chi connectivity index (χ1) is 8.65. The van der Waals surface area contributed by atoms with Gasteiger partial charge in [0.15, 0.2) is 0 Å². The third-order valence-electron chi connectivity index (χ3n) is 2.40. The summed E-state index contributed by atoms with van der Waals surface area (Å²) in [5, 5.41) is 8.97. The van der Waals surface area contributed by atoms with Crippen LogP contribution in [0.4, 0.5) is 4.39 Å². The molecule has 2 N–H and O–H groups in total. The maximum atomic E-state index is 12.9. The number of carboxylic acids is 1. The molecule has 0 aliphatic heterocycles. The first-order valence-corrected chi connectivity index (χ1v) is 7.63. The minimum absolute atomic E-state index is 0.0351. The average Bonchev–Trinajstić information content (AvgIpc) is 2.24. The maximum Gasteiger partial charge on any atom is 0.322 e. The van der Waals surface area contributed by atoms with Crippen molar-refractivity contribution in [2.24, 2.45) is 5.92 Å². The lowest BCUT2D eigenvalue weighted by atomic mass is 10.1. The summed E-state index contributed by atoms with van der Waals surface area (Å²) in [4.78, 5) is 10.8. The molecule has 0 fully saturated rings. The zero-order chi connectivity index (χ0) is 14.8. The fraction of sp³-hybridized carbons (Fsp3) is 0.364. The molecule has 0 bridgehead atoms. The summed E-state index contributed by atoms with van der Waals surface area (Å²) >= 11 is 2.94. The molecule has 1 aromatic carbocycles. The van der Waals surface area contributed by atoms with Crippen molar-refractivity contribution in [2.75, 3.05) is 0 Å². The number of sulfonamides is 1. The Labute approximate surface area is 119 Å². The molecule has 5 nitrogen and oxygen atoms in total. The molecule has 0 aromatic heterocycles. The van der Waals surface area contributed by atoms with Crippen LogP contribution in [0.3, 0.4) is 0 Å². The van der Waals surface area contributed by atoms with E-state index in [1.807, 2.05) is 0 Å². The van der Waals surface area contributed by atoms with Crippen molar-refractivity contribution in [3.05, 3.63) is 28.5 Å². The monoisotopic (exact) mass is 353 g/mol. The van der Waals surface area contributed by atoms with Gasteiger partial charge < -0.3 is 5.11 Å². The number of halogens is 2. The summed E-state index contributed by atoms with van der Waals surface area (Å²) in [5.41, 5.74) is 0. The van der Waals surface area contributed by atoms with E-state index in [2.05, 4.69) is 20.7 Å². The Hall–Kier alpha value is -0.990. The zero-order valence-electron chi connectivity index (χ0n) is 10.2. The molecular weight excluding hydrogens is 341 g/mol. The van der Waals surface area contributed by atoms with Crippen molar-refractivity contribution in [1.82, 2.24) is 4.72 Å². The quantitative estimate of drug-likeness (QED) is 0.847. The Bertz CT molecular complexity index is 588. The maximum absolute atomic E-state index is 12.9. The normalized spacial score (nSPS) is 13.5. The number of aliphatic carboxylic acids is 1. The highest BCUT2D eigenvalue weighted by molar-refractivity contribution is 9.10. The van der Waals surface area contributed by atoms with Crippen LogP contribution in [-0.2, 0) is 14.8 Å². The van der Waals surface area contributed by atoms with E-state index in [-0.39, 0.29) is 9.37 Å². The average molecular weight is 354 g/mol. The Morgan fingerprint density at radius 1 is 1.42 bits per heavy atom. The lowest BCUT2D eigenvalue weighted by molar-refractivity contribution is -0.140.